The molecule has 0 aliphatic heterocycles. The maximum absolute atomic E-state index is 11.9. The van der Waals surface area contributed by atoms with E-state index >= 15 is 0 Å². The molecule has 0 spiro atoms. The molecule has 0 atom stereocenters. The molecular formula is C14H24O2. The van der Waals surface area contributed by atoms with Gasteiger partial charge in [-0.05, 0) is 34.1 Å². The Bertz CT molecular complexity index is 300. The van der Waals surface area contributed by atoms with Gasteiger partial charge in [-0.1, -0.05) is 32.6 Å². The van der Waals surface area contributed by atoms with E-state index in [0.29, 0.717) is 0 Å². The highest BCUT2D eigenvalue weighted by atomic mass is 16.6. The lowest BCUT2D eigenvalue weighted by Crippen LogP contribution is -2.34. The molecule has 0 aromatic rings. The van der Waals surface area contributed by atoms with Gasteiger partial charge in [0.15, 0.2) is 5.60 Å². The standard InChI is InChI=1S/C14H24O2/c1-8-13(4,5)12(15)16-14(6,7)10-9-11(2)3/h11H,8H2,1-7H3. The van der Waals surface area contributed by atoms with E-state index in [1.54, 1.807) is 0 Å². The van der Waals surface area contributed by atoms with Gasteiger partial charge in [0, 0.05) is 5.92 Å². The quantitative estimate of drug-likeness (QED) is 0.542. The van der Waals surface area contributed by atoms with E-state index in [1.807, 2.05) is 48.5 Å². The molecule has 0 heterocycles. The van der Waals surface area contributed by atoms with E-state index in [-0.39, 0.29) is 11.9 Å². The van der Waals surface area contributed by atoms with Gasteiger partial charge < -0.3 is 4.74 Å². The molecule has 0 unspecified atom stereocenters. The lowest BCUT2D eigenvalue weighted by Gasteiger charge is -2.26. The summed E-state index contributed by atoms with van der Waals surface area (Å²) < 4.78 is 5.43. The molecule has 0 N–H and O–H groups in total. The Kier molecular flexibility index (Phi) is 5.06. The zero-order valence-electron chi connectivity index (χ0n) is 11.6. The molecule has 2 nitrogen and oxygen atoms in total. The van der Waals surface area contributed by atoms with E-state index in [1.165, 1.54) is 0 Å². The fourth-order valence-corrected chi connectivity index (χ4v) is 0.858. The summed E-state index contributed by atoms with van der Waals surface area (Å²) in [7, 11) is 0. The number of hydrogen-bond donors (Lipinski definition) is 0. The fraction of sp³-hybridized carbons (Fsp3) is 0.786. The van der Waals surface area contributed by atoms with Crippen LogP contribution in [0.15, 0.2) is 0 Å². The summed E-state index contributed by atoms with van der Waals surface area (Å²) in [4.78, 5) is 11.9. The Balaban J connectivity index is 4.62. The van der Waals surface area contributed by atoms with Crippen LogP contribution in [-0.2, 0) is 9.53 Å². The van der Waals surface area contributed by atoms with Crippen LogP contribution in [0.25, 0.3) is 0 Å². The third kappa shape index (κ3) is 5.21. The predicted octanol–water partition coefficient (Wildman–Crippen LogP) is 3.40. The third-order valence-electron chi connectivity index (χ3n) is 2.45. The molecule has 0 aliphatic rings. The molecule has 92 valence electrons. The number of rotatable bonds is 3. The van der Waals surface area contributed by atoms with Gasteiger partial charge in [-0.2, -0.15) is 0 Å². The second-order valence-corrected chi connectivity index (χ2v) is 5.56. The topological polar surface area (TPSA) is 26.3 Å². The Morgan fingerprint density at radius 2 is 1.75 bits per heavy atom. The number of carbonyl (C=O) groups excluding carboxylic acids is 1. The van der Waals surface area contributed by atoms with Gasteiger partial charge in [0.05, 0.1) is 5.41 Å². The molecule has 0 saturated heterocycles. The van der Waals surface area contributed by atoms with Crippen molar-refractivity contribution in [3.63, 3.8) is 0 Å². The van der Waals surface area contributed by atoms with Crippen LogP contribution in [0.1, 0.15) is 54.9 Å². The molecule has 0 aromatic carbocycles. The highest BCUT2D eigenvalue weighted by Crippen LogP contribution is 2.24. The molecule has 16 heavy (non-hydrogen) atoms. The lowest BCUT2D eigenvalue weighted by atomic mass is 9.90. The van der Waals surface area contributed by atoms with Gasteiger partial charge in [-0.15, -0.1) is 0 Å². The van der Waals surface area contributed by atoms with Crippen LogP contribution in [0.3, 0.4) is 0 Å². The average molecular weight is 224 g/mol. The third-order valence-corrected chi connectivity index (χ3v) is 2.45. The van der Waals surface area contributed by atoms with Crippen LogP contribution < -0.4 is 0 Å². The average Bonchev–Trinajstić information content (AvgIpc) is 2.14. The smallest absolute Gasteiger partial charge is 0.312 e. The van der Waals surface area contributed by atoms with E-state index in [0.717, 1.165) is 6.42 Å². The van der Waals surface area contributed by atoms with Gasteiger partial charge in [0.25, 0.3) is 0 Å². The first-order valence-electron chi connectivity index (χ1n) is 5.87. The van der Waals surface area contributed by atoms with Crippen molar-refractivity contribution in [3.8, 4) is 11.8 Å². The van der Waals surface area contributed by atoms with Gasteiger partial charge >= 0.3 is 5.97 Å². The van der Waals surface area contributed by atoms with Gasteiger partial charge in [0.2, 0.25) is 0 Å². The van der Waals surface area contributed by atoms with Crippen LogP contribution in [0.2, 0.25) is 0 Å². The normalized spacial score (nSPS) is 12.0. The van der Waals surface area contributed by atoms with Gasteiger partial charge in [0.1, 0.15) is 0 Å². The summed E-state index contributed by atoms with van der Waals surface area (Å²) in [6, 6.07) is 0. The lowest BCUT2D eigenvalue weighted by molar-refractivity contribution is -0.162. The molecule has 0 aliphatic carbocycles. The van der Waals surface area contributed by atoms with Crippen molar-refractivity contribution in [2.24, 2.45) is 11.3 Å². The molecule has 0 saturated carbocycles. The fourth-order valence-electron chi connectivity index (χ4n) is 0.858. The van der Waals surface area contributed by atoms with Crippen molar-refractivity contribution in [2.75, 3.05) is 0 Å². The van der Waals surface area contributed by atoms with Crippen molar-refractivity contribution in [3.05, 3.63) is 0 Å². The van der Waals surface area contributed by atoms with Crippen molar-refractivity contribution in [1.29, 1.82) is 0 Å². The monoisotopic (exact) mass is 224 g/mol. The summed E-state index contributed by atoms with van der Waals surface area (Å²) in [6.45, 7) is 13.4. The molecule has 0 fully saturated rings. The Morgan fingerprint density at radius 1 is 1.25 bits per heavy atom. The van der Waals surface area contributed by atoms with Gasteiger partial charge in [-0.25, -0.2) is 0 Å². The Labute approximate surface area is 99.8 Å². The van der Waals surface area contributed by atoms with E-state index < -0.39 is 11.0 Å². The van der Waals surface area contributed by atoms with Crippen LogP contribution in [0, 0.1) is 23.2 Å². The summed E-state index contributed by atoms with van der Waals surface area (Å²) in [5, 5.41) is 0. The summed E-state index contributed by atoms with van der Waals surface area (Å²) in [6.07, 6.45) is 0.763. The summed E-state index contributed by atoms with van der Waals surface area (Å²) in [5.74, 6) is 6.13. The molecule has 0 amide bonds. The zero-order chi connectivity index (χ0) is 13.0. The number of esters is 1. The SMILES string of the molecule is CCC(C)(C)C(=O)OC(C)(C)C#CC(C)C. The predicted molar refractivity (Wildman–Crippen MR) is 66.9 cm³/mol. The minimum Gasteiger partial charge on any atom is -0.446 e. The van der Waals surface area contributed by atoms with Crippen LogP contribution >= 0.6 is 0 Å². The minimum absolute atomic E-state index is 0.182. The van der Waals surface area contributed by atoms with E-state index in [2.05, 4.69) is 11.8 Å². The largest absolute Gasteiger partial charge is 0.446 e. The molecule has 0 radical (unpaired) electrons. The highest BCUT2D eigenvalue weighted by molar-refractivity contribution is 5.76. The maximum Gasteiger partial charge on any atom is 0.312 e. The van der Waals surface area contributed by atoms with Crippen molar-refractivity contribution >= 4 is 5.97 Å². The second-order valence-electron chi connectivity index (χ2n) is 5.56. The molecule has 0 aromatic heterocycles. The zero-order valence-corrected chi connectivity index (χ0v) is 11.6. The van der Waals surface area contributed by atoms with E-state index in [4.69, 9.17) is 4.74 Å². The van der Waals surface area contributed by atoms with Crippen molar-refractivity contribution < 1.29 is 9.53 Å². The van der Waals surface area contributed by atoms with Crippen LogP contribution in [0.4, 0.5) is 0 Å². The Morgan fingerprint density at radius 3 is 2.12 bits per heavy atom. The molecule has 0 rings (SSSR count). The van der Waals surface area contributed by atoms with Crippen molar-refractivity contribution in [1.82, 2.24) is 0 Å². The molecular weight excluding hydrogens is 200 g/mol. The number of ether oxygens (including phenoxy) is 1. The first-order chi connectivity index (χ1) is 7.10. The molecule has 2 heteroatoms. The van der Waals surface area contributed by atoms with Crippen LogP contribution in [0.5, 0.6) is 0 Å². The van der Waals surface area contributed by atoms with Crippen molar-refractivity contribution in [2.45, 2.75) is 60.5 Å². The first kappa shape index (κ1) is 15.0. The first-order valence-corrected chi connectivity index (χ1v) is 5.87. The highest BCUT2D eigenvalue weighted by Gasteiger charge is 2.31. The minimum atomic E-state index is -0.701. The summed E-state index contributed by atoms with van der Waals surface area (Å²) >= 11 is 0. The number of hydrogen-bond acceptors (Lipinski definition) is 2. The maximum atomic E-state index is 11.9. The summed E-state index contributed by atoms with van der Waals surface area (Å²) in [5.41, 5.74) is -1.13. The van der Waals surface area contributed by atoms with Crippen LogP contribution in [-0.4, -0.2) is 11.6 Å². The number of carbonyl (C=O) groups is 1. The van der Waals surface area contributed by atoms with E-state index in [9.17, 15) is 4.79 Å². The Hall–Kier alpha value is -0.970. The second kappa shape index (κ2) is 5.39. The van der Waals surface area contributed by atoms with Gasteiger partial charge in [-0.3, -0.25) is 4.79 Å². The molecule has 0 bridgehead atoms.